The Morgan fingerprint density at radius 3 is 1.04 bits per heavy atom. The second kappa shape index (κ2) is 7.09. The minimum atomic E-state index is 0.928. The van der Waals surface area contributed by atoms with Gasteiger partial charge < -0.3 is 9.47 Å². The van der Waals surface area contributed by atoms with Crippen molar-refractivity contribution in [2.75, 3.05) is 14.2 Å². The highest BCUT2D eigenvalue weighted by atomic mass is 79.9. The summed E-state index contributed by atoms with van der Waals surface area (Å²) >= 11 is 7.50. The molecule has 0 bridgehead atoms. The van der Waals surface area contributed by atoms with Crippen molar-refractivity contribution in [2.45, 2.75) is 41.5 Å². The quantitative estimate of drug-likeness (QED) is 0.509. The minimum absolute atomic E-state index is 0.928. The van der Waals surface area contributed by atoms with Crippen LogP contribution in [0.5, 0.6) is 11.5 Å². The number of rotatable bonds is 3. The average Bonchev–Trinajstić information content (AvgIpc) is 2.55. The molecular formula is C20H24Br2O2. The normalized spacial score (nSPS) is 10.9. The van der Waals surface area contributed by atoms with E-state index in [2.05, 4.69) is 73.4 Å². The van der Waals surface area contributed by atoms with Gasteiger partial charge in [-0.2, -0.15) is 0 Å². The molecule has 2 aromatic carbocycles. The maximum absolute atomic E-state index is 5.69. The summed E-state index contributed by atoms with van der Waals surface area (Å²) in [5.74, 6) is 1.86. The number of hydrogen-bond donors (Lipinski definition) is 0. The summed E-state index contributed by atoms with van der Waals surface area (Å²) in [6.07, 6.45) is 0. The summed E-state index contributed by atoms with van der Waals surface area (Å²) in [6, 6.07) is 0. The molecule has 0 saturated heterocycles. The van der Waals surface area contributed by atoms with Crippen molar-refractivity contribution in [3.8, 4) is 22.6 Å². The lowest BCUT2D eigenvalue weighted by Gasteiger charge is -2.24. The monoisotopic (exact) mass is 454 g/mol. The van der Waals surface area contributed by atoms with Gasteiger partial charge in [-0.25, -0.2) is 0 Å². The Balaban J connectivity index is 3.03. The summed E-state index contributed by atoms with van der Waals surface area (Å²) < 4.78 is 13.6. The van der Waals surface area contributed by atoms with Gasteiger partial charge in [0, 0.05) is 20.1 Å². The maximum atomic E-state index is 5.69. The Hall–Kier alpha value is -1.00. The second-order valence-corrected chi connectivity index (χ2v) is 7.78. The molecule has 0 aliphatic heterocycles. The van der Waals surface area contributed by atoms with Crippen LogP contribution in [0, 0.1) is 41.5 Å². The molecule has 2 nitrogen and oxygen atoms in total. The van der Waals surface area contributed by atoms with Crippen LogP contribution < -0.4 is 9.47 Å². The van der Waals surface area contributed by atoms with Gasteiger partial charge in [-0.1, -0.05) is 31.9 Å². The SMILES string of the molecule is COc1c(C)c(Br)c(C)c(-c2c(C)c(Br)c(C)c(OC)c2C)c1C. The standard InChI is InChI=1S/C20H24Br2O2/c1-9-15(11(3)19(23-7)13(5)17(9)21)16-10(2)18(22)14(6)20(24-8)12(16)4/h1-8H3. The number of methoxy groups -OCH3 is 2. The second-order valence-electron chi connectivity index (χ2n) is 6.19. The van der Waals surface area contributed by atoms with Gasteiger partial charge in [0.25, 0.3) is 0 Å². The Bertz CT molecular complexity index is 754. The van der Waals surface area contributed by atoms with Crippen LogP contribution in [0.1, 0.15) is 33.4 Å². The van der Waals surface area contributed by atoms with E-state index in [4.69, 9.17) is 9.47 Å². The first-order valence-electron chi connectivity index (χ1n) is 7.85. The number of hydrogen-bond acceptors (Lipinski definition) is 2. The molecule has 0 amide bonds. The smallest absolute Gasteiger partial charge is 0.126 e. The molecule has 24 heavy (non-hydrogen) atoms. The zero-order valence-electron chi connectivity index (χ0n) is 15.6. The third-order valence-corrected chi connectivity index (χ3v) is 7.22. The largest absolute Gasteiger partial charge is 0.496 e. The predicted octanol–water partition coefficient (Wildman–Crippen LogP) is 6.75. The van der Waals surface area contributed by atoms with E-state index in [0.29, 0.717) is 0 Å². The number of benzene rings is 2. The molecule has 0 heterocycles. The van der Waals surface area contributed by atoms with Crippen LogP contribution in [-0.2, 0) is 0 Å². The first-order chi connectivity index (χ1) is 11.2. The van der Waals surface area contributed by atoms with E-state index < -0.39 is 0 Å². The molecule has 0 N–H and O–H groups in total. The lowest BCUT2D eigenvalue weighted by Crippen LogP contribution is -2.04. The van der Waals surface area contributed by atoms with E-state index in [1.54, 1.807) is 14.2 Å². The molecule has 0 radical (unpaired) electrons. The topological polar surface area (TPSA) is 18.5 Å². The van der Waals surface area contributed by atoms with Gasteiger partial charge in [0.2, 0.25) is 0 Å². The van der Waals surface area contributed by atoms with Crippen molar-refractivity contribution in [1.82, 2.24) is 0 Å². The first kappa shape index (κ1) is 19.3. The van der Waals surface area contributed by atoms with Crippen molar-refractivity contribution in [3.05, 3.63) is 42.3 Å². The van der Waals surface area contributed by atoms with E-state index >= 15 is 0 Å². The van der Waals surface area contributed by atoms with Gasteiger partial charge in [-0.3, -0.25) is 0 Å². The minimum Gasteiger partial charge on any atom is -0.496 e. The summed E-state index contributed by atoms with van der Waals surface area (Å²) in [4.78, 5) is 0. The fourth-order valence-electron chi connectivity index (χ4n) is 3.70. The fraction of sp³-hybridized carbons (Fsp3) is 0.400. The molecular weight excluding hydrogens is 432 g/mol. The lowest BCUT2D eigenvalue weighted by molar-refractivity contribution is 0.407. The fourth-order valence-corrected chi connectivity index (χ4v) is 4.45. The Morgan fingerprint density at radius 2 is 0.792 bits per heavy atom. The van der Waals surface area contributed by atoms with Crippen LogP contribution in [0.3, 0.4) is 0 Å². The van der Waals surface area contributed by atoms with E-state index in [9.17, 15) is 0 Å². The van der Waals surface area contributed by atoms with Gasteiger partial charge in [-0.15, -0.1) is 0 Å². The zero-order valence-corrected chi connectivity index (χ0v) is 18.7. The average molecular weight is 456 g/mol. The number of halogens is 2. The predicted molar refractivity (Wildman–Crippen MR) is 109 cm³/mol. The molecule has 0 spiro atoms. The van der Waals surface area contributed by atoms with Crippen LogP contribution in [-0.4, -0.2) is 14.2 Å². The van der Waals surface area contributed by atoms with Crippen LogP contribution in [0.4, 0.5) is 0 Å². The third-order valence-electron chi connectivity index (χ3n) is 4.84. The van der Waals surface area contributed by atoms with Gasteiger partial charge in [-0.05, 0) is 74.9 Å². The van der Waals surface area contributed by atoms with Crippen LogP contribution in [0.25, 0.3) is 11.1 Å². The van der Waals surface area contributed by atoms with Crippen molar-refractivity contribution in [1.29, 1.82) is 0 Å². The maximum Gasteiger partial charge on any atom is 0.126 e. The molecule has 0 aliphatic rings. The highest BCUT2D eigenvalue weighted by Crippen LogP contribution is 2.47. The molecule has 0 unspecified atom stereocenters. The van der Waals surface area contributed by atoms with Gasteiger partial charge in [0.1, 0.15) is 11.5 Å². The van der Waals surface area contributed by atoms with Crippen molar-refractivity contribution < 1.29 is 9.47 Å². The van der Waals surface area contributed by atoms with Crippen molar-refractivity contribution in [3.63, 3.8) is 0 Å². The molecule has 0 fully saturated rings. The Kier molecular flexibility index (Phi) is 5.71. The van der Waals surface area contributed by atoms with Gasteiger partial charge in [0.15, 0.2) is 0 Å². The van der Waals surface area contributed by atoms with Crippen LogP contribution >= 0.6 is 31.9 Å². The van der Waals surface area contributed by atoms with Crippen LogP contribution in [0.2, 0.25) is 0 Å². The van der Waals surface area contributed by atoms with Gasteiger partial charge >= 0.3 is 0 Å². The highest BCUT2D eigenvalue weighted by Gasteiger charge is 2.24. The van der Waals surface area contributed by atoms with Crippen LogP contribution in [0.15, 0.2) is 8.95 Å². The number of ether oxygens (including phenoxy) is 2. The van der Waals surface area contributed by atoms with E-state index in [1.807, 2.05) is 0 Å². The molecule has 2 aromatic rings. The summed E-state index contributed by atoms with van der Waals surface area (Å²) in [5, 5.41) is 0. The zero-order chi connectivity index (χ0) is 18.3. The van der Waals surface area contributed by atoms with Gasteiger partial charge in [0.05, 0.1) is 14.2 Å². The van der Waals surface area contributed by atoms with E-state index in [-0.39, 0.29) is 0 Å². The molecule has 0 atom stereocenters. The molecule has 0 aromatic heterocycles. The Morgan fingerprint density at radius 1 is 0.500 bits per heavy atom. The molecule has 130 valence electrons. The molecule has 0 saturated carbocycles. The summed E-state index contributed by atoms with van der Waals surface area (Å²) in [6.45, 7) is 12.7. The lowest BCUT2D eigenvalue weighted by atomic mass is 9.86. The summed E-state index contributed by atoms with van der Waals surface area (Å²) in [7, 11) is 3.46. The summed E-state index contributed by atoms with van der Waals surface area (Å²) in [5.41, 5.74) is 9.41. The van der Waals surface area contributed by atoms with Crippen molar-refractivity contribution in [2.24, 2.45) is 0 Å². The molecule has 2 rings (SSSR count). The Labute approximate surface area is 161 Å². The van der Waals surface area contributed by atoms with Crippen molar-refractivity contribution >= 4 is 31.9 Å². The molecule has 0 aliphatic carbocycles. The third kappa shape index (κ3) is 2.78. The van der Waals surface area contributed by atoms with E-state index in [1.165, 1.54) is 22.3 Å². The molecule has 4 heteroatoms. The first-order valence-corrected chi connectivity index (χ1v) is 9.44. The van der Waals surface area contributed by atoms with E-state index in [0.717, 1.165) is 42.7 Å². The highest BCUT2D eigenvalue weighted by molar-refractivity contribution is 9.11.